The molecule has 3 heteroatoms. The first-order valence-electron chi connectivity index (χ1n) is 4.67. The van der Waals surface area contributed by atoms with Crippen LogP contribution in [0.1, 0.15) is 19.8 Å². The fourth-order valence-corrected chi connectivity index (χ4v) is 1.45. The van der Waals surface area contributed by atoms with Gasteiger partial charge in [-0.15, -0.1) is 0 Å². The summed E-state index contributed by atoms with van der Waals surface area (Å²) >= 11 is 0. The Morgan fingerprint density at radius 3 is 3.08 bits per heavy atom. The molecule has 0 unspecified atom stereocenters. The van der Waals surface area contributed by atoms with Crippen LogP contribution < -0.4 is 5.32 Å². The first-order chi connectivity index (χ1) is 5.83. The van der Waals surface area contributed by atoms with Crippen molar-refractivity contribution in [1.82, 2.24) is 5.32 Å². The summed E-state index contributed by atoms with van der Waals surface area (Å²) in [5.41, 5.74) is 0. The number of rotatable bonds is 5. The second kappa shape index (κ2) is 5.51. The topological polar surface area (TPSA) is 30.5 Å². The lowest BCUT2D eigenvalue weighted by molar-refractivity contribution is 0.101. The van der Waals surface area contributed by atoms with Gasteiger partial charge in [0.05, 0.1) is 12.7 Å². The molecule has 1 aliphatic rings. The van der Waals surface area contributed by atoms with E-state index in [-0.39, 0.29) is 0 Å². The van der Waals surface area contributed by atoms with Gasteiger partial charge in [-0.05, 0) is 19.8 Å². The van der Waals surface area contributed by atoms with Gasteiger partial charge in [0, 0.05) is 26.3 Å². The van der Waals surface area contributed by atoms with E-state index in [9.17, 15) is 0 Å². The van der Waals surface area contributed by atoms with Crippen LogP contribution in [0.3, 0.4) is 0 Å². The Bertz CT molecular complexity index is 113. The number of ether oxygens (including phenoxy) is 2. The fraction of sp³-hybridized carbons (Fsp3) is 1.00. The largest absolute Gasteiger partial charge is 0.383 e. The third-order valence-corrected chi connectivity index (χ3v) is 2.13. The zero-order valence-electron chi connectivity index (χ0n) is 8.01. The van der Waals surface area contributed by atoms with Crippen LogP contribution in [0.25, 0.3) is 0 Å². The Morgan fingerprint density at radius 1 is 1.67 bits per heavy atom. The maximum absolute atomic E-state index is 5.48. The Balaban J connectivity index is 1.99. The van der Waals surface area contributed by atoms with E-state index in [2.05, 4.69) is 12.2 Å². The molecule has 1 N–H and O–H groups in total. The van der Waals surface area contributed by atoms with Crippen LogP contribution in [0.2, 0.25) is 0 Å². The Morgan fingerprint density at radius 2 is 2.50 bits per heavy atom. The number of methoxy groups -OCH3 is 1. The molecule has 3 nitrogen and oxygen atoms in total. The molecule has 1 rings (SSSR count). The number of nitrogens with one attached hydrogen (secondary N) is 1. The van der Waals surface area contributed by atoms with E-state index in [4.69, 9.17) is 9.47 Å². The number of hydrogen-bond acceptors (Lipinski definition) is 3. The summed E-state index contributed by atoms with van der Waals surface area (Å²) in [7, 11) is 1.73. The van der Waals surface area contributed by atoms with Crippen molar-refractivity contribution in [3.05, 3.63) is 0 Å². The molecule has 0 amide bonds. The monoisotopic (exact) mass is 173 g/mol. The molecule has 0 radical (unpaired) electrons. The van der Waals surface area contributed by atoms with Gasteiger partial charge in [-0.3, -0.25) is 0 Å². The van der Waals surface area contributed by atoms with Gasteiger partial charge in [0.25, 0.3) is 0 Å². The molecule has 0 spiro atoms. The summed E-state index contributed by atoms with van der Waals surface area (Å²) < 4.78 is 10.5. The molecule has 0 aliphatic carbocycles. The molecule has 0 saturated carbocycles. The zero-order valence-corrected chi connectivity index (χ0v) is 8.01. The SMILES string of the molecule is COC[C@@H](C)NC[C@H]1CCCO1. The Hall–Kier alpha value is -0.120. The van der Waals surface area contributed by atoms with Crippen molar-refractivity contribution in [3.8, 4) is 0 Å². The van der Waals surface area contributed by atoms with Crippen molar-refractivity contribution in [2.45, 2.75) is 31.9 Å². The van der Waals surface area contributed by atoms with Crippen LogP contribution in [-0.4, -0.2) is 39.0 Å². The van der Waals surface area contributed by atoms with Crippen LogP contribution in [-0.2, 0) is 9.47 Å². The third-order valence-electron chi connectivity index (χ3n) is 2.13. The molecule has 1 fully saturated rings. The maximum atomic E-state index is 5.48. The summed E-state index contributed by atoms with van der Waals surface area (Å²) in [5.74, 6) is 0. The minimum atomic E-state index is 0.430. The molecular weight excluding hydrogens is 154 g/mol. The second-order valence-electron chi connectivity index (χ2n) is 3.40. The molecule has 72 valence electrons. The van der Waals surface area contributed by atoms with Crippen molar-refractivity contribution in [1.29, 1.82) is 0 Å². The van der Waals surface area contributed by atoms with Crippen molar-refractivity contribution in [2.75, 3.05) is 26.9 Å². The van der Waals surface area contributed by atoms with Gasteiger partial charge in [0.2, 0.25) is 0 Å². The van der Waals surface area contributed by atoms with E-state index in [0.29, 0.717) is 12.1 Å². The highest BCUT2D eigenvalue weighted by Gasteiger charge is 2.15. The Labute approximate surface area is 74.4 Å². The molecule has 1 saturated heterocycles. The van der Waals surface area contributed by atoms with Crippen molar-refractivity contribution >= 4 is 0 Å². The van der Waals surface area contributed by atoms with Gasteiger partial charge in [0.15, 0.2) is 0 Å². The van der Waals surface area contributed by atoms with Crippen molar-refractivity contribution in [2.24, 2.45) is 0 Å². The van der Waals surface area contributed by atoms with Crippen LogP contribution in [0.5, 0.6) is 0 Å². The standard InChI is InChI=1S/C9H19NO2/c1-8(7-11-2)10-6-9-4-3-5-12-9/h8-10H,3-7H2,1-2H3/t8-,9-/m1/s1. The lowest BCUT2D eigenvalue weighted by Gasteiger charge is -2.15. The van der Waals surface area contributed by atoms with E-state index in [1.165, 1.54) is 12.8 Å². The summed E-state index contributed by atoms with van der Waals surface area (Å²) in [6.07, 6.45) is 2.85. The van der Waals surface area contributed by atoms with Crippen molar-refractivity contribution in [3.63, 3.8) is 0 Å². The summed E-state index contributed by atoms with van der Waals surface area (Å²) in [6.45, 7) is 4.79. The molecule has 0 aromatic carbocycles. The maximum Gasteiger partial charge on any atom is 0.0700 e. The fourth-order valence-electron chi connectivity index (χ4n) is 1.45. The summed E-state index contributed by atoms with van der Waals surface area (Å²) in [4.78, 5) is 0. The number of hydrogen-bond donors (Lipinski definition) is 1. The van der Waals surface area contributed by atoms with Crippen LogP contribution in [0.15, 0.2) is 0 Å². The smallest absolute Gasteiger partial charge is 0.0700 e. The second-order valence-corrected chi connectivity index (χ2v) is 3.40. The molecule has 0 bridgehead atoms. The van der Waals surface area contributed by atoms with E-state index < -0.39 is 0 Å². The van der Waals surface area contributed by atoms with Gasteiger partial charge < -0.3 is 14.8 Å². The molecule has 1 aliphatic heterocycles. The van der Waals surface area contributed by atoms with Crippen LogP contribution in [0.4, 0.5) is 0 Å². The van der Waals surface area contributed by atoms with Gasteiger partial charge >= 0.3 is 0 Å². The molecule has 0 aromatic rings. The normalized spacial score (nSPS) is 26.0. The molecular formula is C9H19NO2. The molecule has 0 aromatic heterocycles. The summed E-state index contributed by atoms with van der Waals surface area (Å²) in [5, 5.41) is 3.38. The zero-order chi connectivity index (χ0) is 8.81. The average molecular weight is 173 g/mol. The third kappa shape index (κ3) is 3.52. The lowest BCUT2D eigenvalue weighted by atomic mass is 10.2. The highest BCUT2D eigenvalue weighted by molar-refractivity contribution is 4.69. The highest BCUT2D eigenvalue weighted by atomic mass is 16.5. The average Bonchev–Trinajstić information content (AvgIpc) is 2.53. The molecule has 1 heterocycles. The van der Waals surface area contributed by atoms with Crippen LogP contribution in [0, 0.1) is 0 Å². The van der Waals surface area contributed by atoms with Gasteiger partial charge in [-0.2, -0.15) is 0 Å². The predicted octanol–water partition coefficient (Wildman–Crippen LogP) is 0.790. The lowest BCUT2D eigenvalue weighted by Crippen LogP contribution is -2.36. The van der Waals surface area contributed by atoms with E-state index in [1.807, 2.05) is 0 Å². The Kier molecular flexibility index (Phi) is 4.58. The molecule has 12 heavy (non-hydrogen) atoms. The minimum Gasteiger partial charge on any atom is -0.383 e. The quantitative estimate of drug-likeness (QED) is 0.666. The van der Waals surface area contributed by atoms with E-state index >= 15 is 0 Å². The first-order valence-corrected chi connectivity index (χ1v) is 4.67. The predicted molar refractivity (Wildman–Crippen MR) is 48.3 cm³/mol. The first kappa shape index (κ1) is 9.96. The highest BCUT2D eigenvalue weighted by Crippen LogP contribution is 2.10. The van der Waals surface area contributed by atoms with Crippen molar-refractivity contribution < 1.29 is 9.47 Å². The summed E-state index contributed by atoms with van der Waals surface area (Å²) in [6, 6.07) is 0.430. The van der Waals surface area contributed by atoms with Gasteiger partial charge in [-0.1, -0.05) is 0 Å². The van der Waals surface area contributed by atoms with Gasteiger partial charge in [0.1, 0.15) is 0 Å². The van der Waals surface area contributed by atoms with E-state index in [0.717, 1.165) is 19.8 Å². The van der Waals surface area contributed by atoms with Gasteiger partial charge in [-0.25, -0.2) is 0 Å². The van der Waals surface area contributed by atoms with Crippen LogP contribution >= 0.6 is 0 Å². The minimum absolute atomic E-state index is 0.430. The van der Waals surface area contributed by atoms with E-state index in [1.54, 1.807) is 7.11 Å². The molecule has 2 atom stereocenters.